The summed E-state index contributed by atoms with van der Waals surface area (Å²) < 4.78 is 35.5. The Morgan fingerprint density at radius 3 is 2.46 bits per heavy atom. The fraction of sp³-hybridized carbons (Fsp3) is 0.0435. The second-order valence-electron chi connectivity index (χ2n) is 6.83. The molecule has 0 saturated heterocycles. The Hall–Kier alpha value is -4.40. The number of methoxy groups -OCH3 is 1. The van der Waals surface area contributed by atoms with Crippen LogP contribution in [0.4, 0.5) is 11.4 Å². The molecule has 0 heterocycles. The summed E-state index contributed by atoms with van der Waals surface area (Å²) in [6, 6.07) is 16.5. The lowest BCUT2D eigenvalue weighted by Gasteiger charge is -2.11. The average molecular weight is 514 g/mol. The minimum atomic E-state index is -4.18. The van der Waals surface area contributed by atoms with Gasteiger partial charge in [-0.05, 0) is 54.1 Å². The van der Waals surface area contributed by atoms with Gasteiger partial charge < -0.3 is 14.2 Å². The van der Waals surface area contributed by atoms with E-state index in [4.69, 9.17) is 20.5 Å². The van der Waals surface area contributed by atoms with Crippen LogP contribution in [-0.2, 0) is 14.9 Å². The molecule has 10 nitrogen and oxygen atoms in total. The Labute approximate surface area is 205 Å². The summed E-state index contributed by atoms with van der Waals surface area (Å²) in [4.78, 5) is 22.7. The van der Waals surface area contributed by atoms with E-state index in [0.29, 0.717) is 10.6 Å². The number of nitro groups is 1. The van der Waals surface area contributed by atoms with E-state index in [1.165, 1.54) is 73.8 Å². The van der Waals surface area contributed by atoms with Crippen LogP contribution in [0.5, 0.6) is 11.5 Å². The van der Waals surface area contributed by atoms with Gasteiger partial charge in [-0.1, -0.05) is 23.7 Å². The number of nitriles is 1. The lowest BCUT2D eigenvalue weighted by molar-refractivity contribution is -0.384. The number of halogens is 1. The summed E-state index contributed by atoms with van der Waals surface area (Å²) >= 11 is 5.79. The zero-order chi connectivity index (χ0) is 25.6. The molecule has 0 aliphatic carbocycles. The first kappa shape index (κ1) is 25.2. The van der Waals surface area contributed by atoms with Gasteiger partial charge in [0.1, 0.15) is 16.5 Å². The van der Waals surface area contributed by atoms with Gasteiger partial charge >= 0.3 is 10.1 Å². The van der Waals surface area contributed by atoms with Crippen molar-refractivity contribution in [3.63, 3.8) is 0 Å². The molecule has 0 fully saturated rings. The summed E-state index contributed by atoms with van der Waals surface area (Å²) in [6.45, 7) is 0. The fourth-order valence-electron chi connectivity index (χ4n) is 2.82. The topological polar surface area (TPSA) is 149 Å². The number of amides is 1. The molecule has 1 N–H and O–H groups in total. The number of nitrogens with zero attached hydrogens (tertiary/aromatic N) is 2. The third-order valence-corrected chi connectivity index (χ3v) is 5.98. The van der Waals surface area contributed by atoms with Crippen molar-refractivity contribution in [2.24, 2.45) is 0 Å². The Morgan fingerprint density at radius 1 is 1.11 bits per heavy atom. The fourth-order valence-corrected chi connectivity index (χ4v) is 3.89. The molecule has 0 atom stereocenters. The molecule has 0 aromatic heterocycles. The Morgan fingerprint density at radius 2 is 1.83 bits per heavy atom. The largest absolute Gasteiger partial charge is 0.493 e. The van der Waals surface area contributed by atoms with Gasteiger partial charge in [0, 0.05) is 22.8 Å². The number of ether oxygens (including phenoxy) is 1. The van der Waals surface area contributed by atoms with Crippen molar-refractivity contribution in [3.05, 3.63) is 93.0 Å². The molecule has 0 aliphatic rings. The van der Waals surface area contributed by atoms with Crippen molar-refractivity contribution in [1.82, 2.24) is 0 Å². The third-order valence-electron chi connectivity index (χ3n) is 4.48. The highest BCUT2D eigenvalue weighted by atomic mass is 35.5. The molecule has 0 saturated carbocycles. The van der Waals surface area contributed by atoms with Crippen molar-refractivity contribution in [3.8, 4) is 17.6 Å². The van der Waals surface area contributed by atoms with Gasteiger partial charge in [0.2, 0.25) is 0 Å². The highest BCUT2D eigenvalue weighted by Crippen LogP contribution is 2.32. The molecule has 0 spiro atoms. The summed E-state index contributed by atoms with van der Waals surface area (Å²) in [5, 5.41) is 23.1. The quantitative estimate of drug-likeness (QED) is 0.151. The predicted molar refractivity (Wildman–Crippen MR) is 128 cm³/mol. The van der Waals surface area contributed by atoms with Crippen LogP contribution in [0.3, 0.4) is 0 Å². The van der Waals surface area contributed by atoms with Crippen LogP contribution in [0.25, 0.3) is 6.08 Å². The van der Waals surface area contributed by atoms with Gasteiger partial charge in [-0.25, -0.2) is 0 Å². The van der Waals surface area contributed by atoms with Crippen molar-refractivity contribution < 1.29 is 27.1 Å². The molecule has 3 rings (SSSR count). The smallest absolute Gasteiger partial charge is 0.339 e. The standard InChI is InChI=1S/C23H16ClN3O7S/c1-33-22-12-15(5-10-21(22)34-35(31,32)20-8-6-17(24)7-9-20)11-16(14-25)23(28)26-18-3-2-4-19(13-18)27(29)30/h2-13H,1H3,(H,26,28)/b16-11+. The zero-order valence-corrected chi connectivity index (χ0v) is 19.5. The number of rotatable bonds is 8. The molecule has 178 valence electrons. The molecule has 1 amide bonds. The van der Waals surface area contributed by atoms with E-state index < -0.39 is 20.9 Å². The molecular weight excluding hydrogens is 498 g/mol. The maximum atomic E-state index is 12.5. The van der Waals surface area contributed by atoms with Crippen LogP contribution < -0.4 is 14.2 Å². The Bertz CT molecular complexity index is 1460. The van der Waals surface area contributed by atoms with E-state index in [1.54, 1.807) is 6.07 Å². The summed E-state index contributed by atoms with van der Waals surface area (Å²) in [5.74, 6) is -0.871. The third kappa shape index (κ3) is 6.35. The van der Waals surface area contributed by atoms with Crippen LogP contribution >= 0.6 is 11.6 Å². The zero-order valence-electron chi connectivity index (χ0n) is 18.0. The van der Waals surface area contributed by atoms with Crippen LogP contribution in [0, 0.1) is 21.4 Å². The number of non-ortho nitro benzene ring substituents is 1. The lowest BCUT2D eigenvalue weighted by atomic mass is 10.1. The minimum Gasteiger partial charge on any atom is -0.493 e. The molecular formula is C23H16ClN3O7S. The normalized spacial score (nSPS) is 11.3. The number of anilines is 1. The minimum absolute atomic E-state index is 0.0349. The molecule has 12 heteroatoms. The van der Waals surface area contributed by atoms with E-state index in [2.05, 4.69) is 5.32 Å². The molecule has 3 aromatic rings. The first-order valence-corrected chi connectivity index (χ1v) is 11.5. The maximum absolute atomic E-state index is 12.5. The number of benzene rings is 3. The number of carbonyl (C=O) groups is 1. The monoisotopic (exact) mass is 513 g/mol. The number of nitro benzene ring substituents is 1. The number of nitrogens with one attached hydrogen (secondary N) is 1. The van der Waals surface area contributed by atoms with Gasteiger partial charge in [-0.2, -0.15) is 13.7 Å². The van der Waals surface area contributed by atoms with Gasteiger partial charge in [-0.15, -0.1) is 0 Å². The van der Waals surface area contributed by atoms with Gasteiger partial charge in [-0.3, -0.25) is 14.9 Å². The molecule has 0 bridgehead atoms. The highest BCUT2D eigenvalue weighted by molar-refractivity contribution is 7.87. The summed E-state index contributed by atoms with van der Waals surface area (Å²) in [6.07, 6.45) is 1.24. The van der Waals surface area contributed by atoms with E-state index in [9.17, 15) is 28.6 Å². The van der Waals surface area contributed by atoms with Crippen LogP contribution in [0.1, 0.15) is 5.56 Å². The summed E-state index contributed by atoms with van der Waals surface area (Å²) in [7, 11) is -2.88. The highest BCUT2D eigenvalue weighted by Gasteiger charge is 2.20. The number of hydrogen-bond acceptors (Lipinski definition) is 8. The van der Waals surface area contributed by atoms with Crippen molar-refractivity contribution >= 4 is 45.1 Å². The Balaban J connectivity index is 1.84. The van der Waals surface area contributed by atoms with Gasteiger partial charge in [0.25, 0.3) is 11.6 Å². The molecule has 0 unspecified atom stereocenters. The van der Waals surface area contributed by atoms with Crippen LogP contribution in [-0.4, -0.2) is 26.4 Å². The molecule has 35 heavy (non-hydrogen) atoms. The number of hydrogen-bond donors (Lipinski definition) is 1. The van der Waals surface area contributed by atoms with E-state index >= 15 is 0 Å². The van der Waals surface area contributed by atoms with Gasteiger partial charge in [0.15, 0.2) is 11.5 Å². The first-order valence-electron chi connectivity index (χ1n) is 9.68. The average Bonchev–Trinajstić information content (AvgIpc) is 2.83. The van der Waals surface area contributed by atoms with Crippen LogP contribution in [0.2, 0.25) is 5.02 Å². The first-order chi connectivity index (χ1) is 16.6. The molecule has 3 aromatic carbocycles. The van der Waals surface area contributed by atoms with Crippen molar-refractivity contribution in [2.75, 3.05) is 12.4 Å². The molecule has 0 aliphatic heterocycles. The Kier molecular flexibility index (Phi) is 7.70. The van der Waals surface area contributed by atoms with Gasteiger partial charge in [0.05, 0.1) is 12.0 Å². The molecule has 0 radical (unpaired) electrons. The van der Waals surface area contributed by atoms with Crippen molar-refractivity contribution in [1.29, 1.82) is 5.26 Å². The predicted octanol–water partition coefficient (Wildman–Crippen LogP) is 4.57. The lowest BCUT2D eigenvalue weighted by Crippen LogP contribution is -2.13. The second-order valence-corrected chi connectivity index (χ2v) is 8.82. The second kappa shape index (κ2) is 10.7. The van der Waals surface area contributed by atoms with Crippen LogP contribution in [0.15, 0.2) is 77.2 Å². The SMILES string of the molecule is COc1cc(/C=C(\C#N)C(=O)Nc2cccc([N+](=O)[O-])c2)ccc1OS(=O)(=O)c1ccc(Cl)cc1. The number of carbonyl (C=O) groups excluding carboxylic acids is 1. The van der Waals surface area contributed by atoms with E-state index in [-0.39, 0.29) is 33.3 Å². The van der Waals surface area contributed by atoms with E-state index in [0.717, 1.165) is 6.07 Å². The van der Waals surface area contributed by atoms with E-state index in [1.807, 2.05) is 0 Å². The van der Waals surface area contributed by atoms with Crippen molar-refractivity contribution in [2.45, 2.75) is 4.90 Å². The maximum Gasteiger partial charge on any atom is 0.339 e. The summed E-state index contributed by atoms with van der Waals surface area (Å²) in [5.41, 5.74) is -0.0527.